The standard InChI is InChI=1S/C120H82B2N6/c1-11-43-83(44-12-1)90-75-100(88-53-21-6-22-54-88)120(101(76-90)89-55-23-7-24-56-89)128-113-82-112-104(81-105(113)122-103-68-36-42-74-111(103)127(109-72-40-34-66-99(109)87-51-19-5-20-52-87)116-79-95(80-117(128)119(116)122)124(92-59-27-9-28-60-92)107-70-38-32-64-97(107)85-47-15-3-16-48-85)121-102-67-35-41-73-110(102)126(108-71-39-33-65-98(108)86-49-17-4-18-50-86)115-78-94(77-114(118(115)121)125(112)93-61-29-10-30-62-93)123(91-57-25-8-26-58-91)106-69-37-31-63-96(106)84-45-13-2-14-46-84/h1-82H. The Labute approximate surface area is 748 Å². The number of fused-ring (bicyclic) bond motifs is 8. The minimum atomic E-state index is -0.363. The molecular weight excluding hydrogens is 1550 g/mol. The van der Waals surface area contributed by atoms with Gasteiger partial charge in [-0.15, -0.1) is 0 Å². The van der Waals surface area contributed by atoms with Gasteiger partial charge in [0.05, 0.1) is 39.8 Å². The van der Waals surface area contributed by atoms with Crippen LogP contribution in [0.25, 0.3) is 77.9 Å². The molecule has 24 rings (SSSR count). The number of anilines is 18. The summed E-state index contributed by atoms with van der Waals surface area (Å²) in [5.74, 6) is 0. The van der Waals surface area contributed by atoms with Crippen molar-refractivity contribution in [3.8, 4) is 77.9 Å². The lowest BCUT2D eigenvalue weighted by molar-refractivity contribution is 1.21. The van der Waals surface area contributed by atoms with Crippen LogP contribution >= 0.6 is 0 Å². The summed E-state index contributed by atoms with van der Waals surface area (Å²) in [4.78, 5) is 15.6. The largest absolute Gasteiger partial charge is 0.311 e. The van der Waals surface area contributed by atoms with Crippen molar-refractivity contribution in [2.24, 2.45) is 0 Å². The van der Waals surface area contributed by atoms with Crippen LogP contribution in [0.3, 0.4) is 0 Å². The maximum atomic E-state index is 2.74. The van der Waals surface area contributed by atoms with Crippen LogP contribution in [-0.4, -0.2) is 13.4 Å². The molecule has 0 N–H and O–H groups in total. The smallest absolute Gasteiger partial charge is 0.252 e. The van der Waals surface area contributed by atoms with Crippen LogP contribution in [0.4, 0.5) is 102 Å². The van der Waals surface area contributed by atoms with Gasteiger partial charge in [-0.25, -0.2) is 0 Å². The molecule has 0 saturated heterocycles. The molecular formula is C120H82B2N6. The summed E-state index contributed by atoms with van der Waals surface area (Å²) in [6, 6.07) is 185. The Morgan fingerprint density at radius 1 is 0.156 bits per heavy atom. The van der Waals surface area contributed by atoms with Crippen LogP contribution in [-0.2, 0) is 0 Å². The first kappa shape index (κ1) is 75.1. The summed E-state index contributed by atoms with van der Waals surface area (Å²) in [6.45, 7) is -0.690. The topological polar surface area (TPSA) is 19.4 Å². The molecule has 0 spiro atoms. The molecule has 0 unspecified atom stereocenters. The first-order chi connectivity index (χ1) is 63.6. The molecule has 8 heteroatoms. The predicted molar refractivity (Wildman–Crippen MR) is 542 cm³/mol. The maximum Gasteiger partial charge on any atom is 0.252 e. The van der Waals surface area contributed by atoms with Gasteiger partial charge >= 0.3 is 0 Å². The number of para-hydroxylation sites is 9. The monoisotopic (exact) mass is 1630 g/mol. The van der Waals surface area contributed by atoms with Crippen LogP contribution in [0.15, 0.2) is 497 Å². The summed E-state index contributed by atoms with van der Waals surface area (Å²) in [5, 5.41) is 0. The van der Waals surface area contributed by atoms with Gasteiger partial charge in [-0.3, -0.25) is 0 Å². The van der Waals surface area contributed by atoms with Crippen molar-refractivity contribution in [3.05, 3.63) is 497 Å². The third-order valence-corrected chi connectivity index (χ3v) is 26.1. The average molecular weight is 1630 g/mol. The third-order valence-electron chi connectivity index (χ3n) is 26.1. The Morgan fingerprint density at radius 3 is 0.828 bits per heavy atom. The Bertz CT molecular complexity index is 7520. The van der Waals surface area contributed by atoms with E-state index in [1.807, 2.05) is 0 Å². The van der Waals surface area contributed by atoms with E-state index in [1.54, 1.807) is 0 Å². The van der Waals surface area contributed by atoms with Gasteiger partial charge in [0.25, 0.3) is 13.4 Å². The molecule has 0 fully saturated rings. The van der Waals surface area contributed by atoms with Crippen LogP contribution in [0, 0.1) is 0 Å². The Kier molecular flexibility index (Phi) is 18.7. The van der Waals surface area contributed by atoms with Crippen molar-refractivity contribution in [1.29, 1.82) is 0 Å². The van der Waals surface area contributed by atoms with E-state index < -0.39 is 0 Å². The molecule has 6 nitrogen and oxygen atoms in total. The highest BCUT2D eigenvalue weighted by molar-refractivity contribution is 7.03. The first-order valence-electron chi connectivity index (χ1n) is 44.2. The molecule has 0 saturated carbocycles. The normalized spacial score (nSPS) is 12.4. The number of hydrogen-bond donors (Lipinski definition) is 0. The Morgan fingerprint density at radius 2 is 0.438 bits per heavy atom. The fourth-order valence-corrected chi connectivity index (χ4v) is 20.7. The molecule has 0 aliphatic carbocycles. The van der Waals surface area contributed by atoms with Gasteiger partial charge in [0.1, 0.15) is 0 Å². The van der Waals surface area contributed by atoms with Gasteiger partial charge in [0.15, 0.2) is 0 Å². The summed E-state index contributed by atoms with van der Waals surface area (Å²) in [6.07, 6.45) is 0. The summed E-state index contributed by atoms with van der Waals surface area (Å²) in [5.41, 5.74) is 41.7. The van der Waals surface area contributed by atoms with Gasteiger partial charge in [0.2, 0.25) is 0 Å². The van der Waals surface area contributed by atoms with E-state index in [-0.39, 0.29) is 13.4 Å². The second-order valence-electron chi connectivity index (χ2n) is 33.3. The molecule has 4 aliphatic rings. The van der Waals surface area contributed by atoms with Crippen molar-refractivity contribution in [2.75, 3.05) is 29.4 Å². The van der Waals surface area contributed by atoms with Gasteiger partial charge in [-0.05, 0) is 193 Å². The van der Waals surface area contributed by atoms with Gasteiger partial charge in [-0.2, -0.15) is 0 Å². The highest BCUT2D eigenvalue weighted by Crippen LogP contribution is 2.58. The Balaban J connectivity index is 0.873. The van der Waals surface area contributed by atoms with Crippen LogP contribution < -0.4 is 62.2 Å². The van der Waals surface area contributed by atoms with E-state index in [0.29, 0.717) is 0 Å². The van der Waals surface area contributed by atoms with E-state index >= 15 is 0 Å². The van der Waals surface area contributed by atoms with Crippen LogP contribution in [0.2, 0.25) is 0 Å². The molecule has 128 heavy (non-hydrogen) atoms. The minimum Gasteiger partial charge on any atom is -0.311 e. The summed E-state index contributed by atoms with van der Waals surface area (Å²) < 4.78 is 0. The minimum absolute atomic E-state index is 0.328. The van der Waals surface area contributed by atoms with Crippen LogP contribution in [0.5, 0.6) is 0 Å². The molecule has 20 aromatic carbocycles. The lowest BCUT2D eigenvalue weighted by Gasteiger charge is -2.48. The third kappa shape index (κ3) is 12.7. The predicted octanol–water partition coefficient (Wildman–Crippen LogP) is 28.5. The Hall–Kier alpha value is -16.7. The second-order valence-corrected chi connectivity index (χ2v) is 33.3. The number of nitrogens with zero attached hydrogens (tertiary/aromatic N) is 6. The number of hydrogen-bond acceptors (Lipinski definition) is 6. The van der Waals surface area contributed by atoms with E-state index in [1.165, 1.54) is 32.8 Å². The molecule has 598 valence electrons. The highest BCUT2D eigenvalue weighted by atomic mass is 15.2. The van der Waals surface area contributed by atoms with E-state index in [9.17, 15) is 0 Å². The van der Waals surface area contributed by atoms with Crippen molar-refractivity contribution in [2.45, 2.75) is 0 Å². The van der Waals surface area contributed by atoms with Crippen molar-refractivity contribution in [1.82, 2.24) is 0 Å². The SMILES string of the molecule is c1ccc(-c2cc(-c3ccccc3)c(N3c4cc5c(cc4B4c6ccccc6N(c6ccccc6-c6ccccc6)c6cc(N(c7ccccc7)c7ccccc7-c7ccccc7)cc3c64)B3c4ccccc4N(c4ccccc4-c4ccccc4)c4cc(N(c6ccccc6)c6ccccc6-c6ccccc6)cc(c43)N5c3ccccc3)c(-c3ccccc3)c2)cc1. The highest BCUT2D eigenvalue weighted by Gasteiger charge is 2.50. The van der Waals surface area contributed by atoms with E-state index in [2.05, 4.69) is 527 Å². The molecule has 4 aliphatic heterocycles. The quantitative estimate of drug-likeness (QED) is 0.0841. The zero-order valence-electron chi connectivity index (χ0n) is 70.2. The maximum absolute atomic E-state index is 2.74. The average Bonchev–Trinajstić information content (AvgIpc) is 0.676. The lowest BCUT2D eigenvalue weighted by Crippen LogP contribution is -2.65. The molecule has 0 amide bonds. The molecule has 0 aromatic heterocycles. The number of benzene rings is 20. The molecule has 0 radical (unpaired) electrons. The summed E-state index contributed by atoms with van der Waals surface area (Å²) in [7, 11) is 0. The first-order valence-corrected chi connectivity index (χ1v) is 44.2. The second kappa shape index (κ2) is 31.9. The van der Waals surface area contributed by atoms with E-state index in [4.69, 9.17) is 0 Å². The van der Waals surface area contributed by atoms with Crippen molar-refractivity contribution < 1.29 is 0 Å². The summed E-state index contributed by atoms with van der Waals surface area (Å²) >= 11 is 0. The number of rotatable bonds is 17. The van der Waals surface area contributed by atoms with Crippen molar-refractivity contribution in [3.63, 3.8) is 0 Å². The molecule has 20 aromatic rings. The fraction of sp³-hybridized carbons (Fsp3) is 0. The fourth-order valence-electron chi connectivity index (χ4n) is 20.7. The zero-order chi connectivity index (χ0) is 84.5. The molecule has 4 heterocycles. The van der Waals surface area contributed by atoms with Gasteiger partial charge in [0, 0.05) is 95.9 Å². The zero-order valence-corrected chi connectivity index (χ0v) is 70.2. The van der Waals surface area contributed by atoms with Gasteiger partial charge in [-0.1, -0.05) is 382 Å². The van der Waals surface area contributed by atoms with Crippen molar-refractivity contribution >= 4 is 149 Å². The molecule has 0 bridgehead atoms. The van der Waals surface area contributed by atoms with Gasteiger partial charge < -0.3 is 29.4 Å². The van der Waals surface area contributed by atoms with Crippen LogP contribution in [0.1, 0.15) is 0 Å². The molecule has 0 atom stereocenters. The van der Waals surface area contributed by atoms with E-state index in [0.717, 1.165) is 180 Å². The lowest BCUT2D eigenvalue weighted by atomic mass is 9.30.